The number of nitrogens with one attached hydrogen (secondary N) is 2. The van der Waals surface area contributed by atoms with Gasteiger partial charge in [0.25, 0.3) is 0 Å². The monoisotopic (exact) mass is 385 g/mol. The zero-order chi connectivity index (χ0) is 17.7. The summed E-state index contributed by atoms with van der Waals surface area (Å²) in [5.41, 5.74) is 1.56. The molecule has 2 aliphatic heterocycles. The summed E-state index contributed by atoms with van der Waals surface area (Å²) in [5.74, 6) is 1.44. The molecule has 1 aromatic rings. The first-order valence-corrected chi connectivity index (χ1v) is 11.0. The molecule has 1 amide bonds. The lowest BCUT2D eigenvalue weighted by molar-refractivity contribution is -0.122. The van der Waals surface area contributed by atoms with E-state index < -0.39 is 10.0 Å². The first kappa shape index (κ1) is 18.7. The van der Waals surface area contributed by atoms with Crippen molar-refractivity contribution in [1.29, 1.82) is 0 Å². The predicted molar refractivity (Wildman–Crippen MR) is 97.6 cm³/mol. The number of rotatable bonds is 6. The molecule has 0 radical (unpaired) electrons. The van der Waals surface area contributed by atoms with Gasteiger partial charge in [-0.15, -0.1) is 11.8 Å². The van der Waals surface area contributed by atoms with Gasteiger partial charge in [0, 0.05) is 31.3 Å². The molecular formula is C16H23N3O4S2. The molecule has 3 rings (SSSR count). The fraction of sp³-hybridized carbons (Fsp3) is 0.562. The highest BCUT2D eigenvalue weighted by molar-refractivity contribution is 7.99. The maximum Gasteiger partial charge on any atom is 0.238 e. The number of carbonyl (C=O) groups excluding carboxylic acids is 1. The minimum atomic E-state index is -3.39. The summed E-state index contributed by atoms with van der Waals surface area (Å²) in [4.78, 5) is 12.1. The van der Waals surface area contributed by atoms with Gasteiger partial charge in [0.2, 0.25) is 15.9 Å². The molecular weight excluding hydrogens is 362 g/mol. The minimum absolute atomic E-state index is 0.0455. The average molecular weight is 386 g/mol. The molecule has 2 saturated heterocycles. The van der Waals surface area contributed by atoms with Gasteiger partial charge in [-0.25, -0.2) is 8.42 Å². The standard InChI is InChI=1S/C16H23N3O4S2/c20-16(15-10-24-12-18-15)17-9-13-3-1-2-4-14(13)11-25(21,22)19-5-7-23-8-6-19/h1-4,15,18H,5-12H2,(H,17,20). The van der Waals surface area contributed by atoms with Crippen molar-refractivity contribution >= 4 is 27.7 Å². The van der Waals surface area contributed by atoms with Gasteiger partial charge in [-0.2, -0.15) is 4.31 Å². The van der Waals surface area contributed by atoms with Crippen LogP contribution in [-0.2, 0) is 31.9 Å². The molecule has 2 N–H and O–H groups in total. The number of thioether (sulfide) groups is 1. The predicted octanol–water partition coefficient (Wildman–Crippen LogP) is 0.127. The second kappa shape index (κ2) is 8.50. The van der Waals surface area contributed by atoms with E-state index in [1.165, 1.54) is 4.31 Å². The molecule has 9 heteroatoms. The van der Waals surface area contributed by atoms with E-state index in [9.17, 15) is 13.2 Å². The third-order valence-corrected chi connectivity index (χ3v) is 7.07. The highest BCUT2D eigenvalue weighted by Gasteiger charge is 2.26. The van der Waals surface area contributed by atoms with E-state index in [0.717, 1.165) is 22.8 Å². The van der Waals surface area contributed by atoms with Gasteiger partial charge in [0.1, 0.15) is 0 Å². The van der Waals surface area contributed by atoms with Crippen molar-refractivity contribution in [2.24, 2.45) is 0 Å². The lowest BCUT2D eigenvalue weighted by Gasteiger charge is -2.26. The number of carbonyl (C=O) groups is 1. The maximum atomic E-state index is 12.6. The third kappa shape index (κ3) is 4.95. The van der Waals surface area contributed by atoms with Crippen LogP contribution >= 0.6 is 11.8 Å². The van der Waals surface area contributed by atoms with E-state index >= 15 is 0 Å². The van der Waals surface area contributed by atoms with Crippen LogP contribution in [0.25, 0.3) is 0 Å². The molecule has 7 nitrogen and oxygen atoms in total. The van der Waals surface area contributed by atoms with Crippen LogP contribution in [-0.4, -0.2) is 62.6 Å². The van der Waals surface area contributed by atoms with Gasteiger partial charge in [0.15, 0.2) is 0 Å². The van der Waals surface area contributed by atoms with Crippen LogP contribution in [0, 0.1) is 0 Å². The van der Waals surface area contributed by atoms with Gasteiger partial charge >= 0.3 is 0 Å². The Hall–Kier alpha value is -1.13. The summed E-state index contributed by atoms with van der Waals surface area (Å²) in [5, 5.41) is 6.03. The van der Waals surface area contributed by atoms with E-state index in [0.29, 0.717) is 32.8 Å². The Balaban J connectivity index is 1.64. The number of hydrogen-bond donors (Lipinski definition) is 2. The summed E-state index contributed by atoms with van der Waals surface area (Å²) in [6.45, 7) is 1.99. The molecule has 1 atom stereocenters. The number of ether oxygens (including phenoxy) is 1. The quantitative estimate of drug-likeness (QED) is 0.724. The minimum Gasteiger partial charge on any atom is -0.379 e. The number of hydrogen-bond acceptors (Lipinski definition) is 6. The van der Waals surface area contributed by atoms with Gasteiger partial charge < -0.3 is 10.1 Å². The number of amides is 1. The van der Waals surface area contributed by atoms with Crippen molar-refractivity contribution in [2.45, 2.75) is 18.3 Å². The van der Waals surface area contributed by atoms with Crippen molar-refractivity contribution in [3.05, 3.63) is 35.4 Å². The largest absolute Gasteiger partial charge is 0.379 e. The highest BCUT2D eigenvalue weighted by Crippen LogP contribution is 2.17. The molecule has 2 aliphatic rings. The van der Waals surface area contributed by atoms with E-state index in [1.54, 1.807) is 11.8 Å². The second-order valence-electron chi connectivity index (χ2n) is 6.03. The van der Waals surface area contributed by atoms with E-state index in [-0.39, 0.29) is 17.7 Å². The van der Waals surface area contributed by atoms with Crippen LogP contribution in [0.3, 0.4) is 0 Å². The van der Waals surface area contributed by atoms with Crippen LogP contribution in [0.2, 0.25) is 0 Å². The first-order chi connectivity index (χ1) is 12.1. The number of morpholine rings is 1. The summed E-state index contributed by atoms with van der Waals surface area (Å²) in [6.07, 6.45) is 0. The van der Waals surface area contributed by atoms with E-state index in [4.69, 9.17) is 4.74 Å². The molecule has 1 unspecified atom stereocenters. The molecule has 25 heavy (non-hydrogen) atoms. The number of nitrogens with zero attached hydrogens (tertiary/aromatic N) is 1. The first-order valence-electron chi connectivity index (χ1n) is 8.27. The van der Waals surface area contributed by atoms with Crippen LogP contribution < -0.4 is 10.6 Å². The summed E-state index contributed by atoms with van der Waals surface area (Å²) < 4.78 is 31.9. The Morgan fingerprint density at radius 3 is 2.68 bits per heavy atom. The Morgan fingerprint density at radius 1 is 1.28 bits per heavy atom. The third-order valence-electron chi connectivity index (χ3n) is 4.31. The molecule has 0 spiro atoms. The van der Waals surface area contributed by atoms with Gasteiger partial charge in [0.05, 0.1) is 25.0 Å². The lowest BCUT2D eigenvalue weighted by Crippen LogP contribution is -2.42. The van der Waals surface area contributed by atoms with Crippen molar-refractivity contribution in [2.75, 3.05) is 37.9 Å². The lowest BCUT2D eigenvalue weighted by atomic mass is 10.1. The fourth-order valence-electron chi connectivity index (χ4n) is 2.85. The van der Waals surface area contributed by atoms with Gasteiger partial charge in [-0.3, -0.25) is 10.1 Å². The van der Waals surface area contributed by atoms with Crippen molar-refractivity contribution < 1.29 is 17.9 Å². The Kier molecular flexibility index (Phi) is 6.34. The Morgan fingerprint density at radius 2 is 2.00 bits per heavy atom. The van der Waals surface area contributed by atoms with Crippen LogP contribution in [0.1, 0.15) is 11.1 Å². The summed E-state index contributed by atoms with van der Waals surface area (Å²) in [6, 6.07) is 7.18. The average Bonchev–Trinajstić information content (AvgIpc) is 3.16. The zero-order valence-electron chi connectivity index (χ0n) is 13.9. The Bertz CT molecular complexity index is 699. The van der Waals surface area contributed by atoms with Gasteiger partial charge in [-0.05, 0) is 11.1 Å². The molecule has 0 aromatic heterocycles. The van der Waals surface area contributed by atoms with Crippen molar-refractivity contribution in [3.63, 3.8) is 0 Å². The van der Waals surface area contributed by atoms with Gasteiger partial charge in [-0.1, -0.05) is 24.3 Å². The van der Waals surface area contributed by atoms with Crippen LogP contribution in [0.15, 0.2) is 24.3 Å². The molecule has 138 valence electrons. The van der Waals surface area contributed by atoms with Crippen molar-refractivity contribution in [1.82, 2.24) is 14.9 Å². The van der Waals surface area contributed by atoms with E-state index in [1.807, 2.05) is 24.3 Å². The molecule has 2 heterocycles. The Labute approximate surface area is 152 Å². The SMILES string of the molecule is O=C(NCc1ccccc1CS(=O)(=O)N1CCOCC1)C1CSCN1. The second-order valence-corrected chi connectivity index (χ2v) is 9.03. The summed E-state index contributed by atoms with van der Waals surface area (Å²) in [7, 11) is -3.39. The van der Waals surface area contributed by atoms with E-state index in [2.05, 4.69) is 10.6 Å². The highest BCUT2D eigenvalue weighted by atomic mass is 32.2. The number of benzene rings is 1. The molecule has 2 fully saturated rings. The molecule has 0 aliphatic carbocycles. The smallest absolute Gasteiger partial charge is 0.238 e. The normalized spacial score (nSPS) is 22.0. The zero-order valence-corrected chi connectivity index (χ0v) is 15.6. The molecule has 0 bridgehead atoms. The molecule has 1 aromatic carbocycles. The molecule has 0 saturated carbocycles. The van der Waals surface area contributed by atoms with Crippen molar-refractivity contribution in [3.8, 4) is 0 Å². The van der Waals surface area contributed by atoms with Crippen LogP contribution in [0.5, 0.6) is 0 Å². The maximum absolute atomic E-state index is 12.6. The summed E-state index contributed by atoms with van der Waals surface area (Å²) >= 11 is 1.69. The topological polar surface area (TPSA) is 87.7 Å². The van der Waals surface area contributed by atoms with Crippen LogP contribution in [0.4, 0.5) is 0 Å². The fourth-order valence-corrected chi connectivity index (χ4v) is 5.36. The number of sulfonamides is 1.